The molecule has 3 atom stereocenters. The van der Waals surface area contributed by atoms with Gasteiger partial charge in [0.15, 0.2) is 0 Å². The molecule has 3 N–H and O–H groups in total. The van der Waals surface area contributed by atoms with Crippen molar-refractivity contribution in [1.82, 2.24) is 0 Å². The van der Waals surface area contributed by atoms with Crippen LogP contribution < -0.4 is 15.2 Å². The van der Waals surface area contributed by atoms with Gasteiger partial charge < -0.3 is 20.3 Å². The fraction of sp³-hybridized carbons (Fsp3) is 0.625. The van der Waals surface area contributed by atoms with E-state index in [0.29, 0.717) is 18.2 Å². The molecule has 1 aromatic rings. The van der Waals surface area contributed by atoms with Crippen LogP contribution in [-0.4, -0.2) is 25.9 Å². The number of methoxy groups -OCH3 is 2. The zero-order valence-electron chi connectivity index (χ0n) is 12.6. The van der Waals surface area contributed by atoms with Crippen LogP contribution in [0.2, 0.25) is 0 Å². The fourth-order valence-corrected chi connectivity index (χ4v) is 3.36. The minimum absolute atomic E-state index is 0.251. The first-order valence-corrected chi connectivity index (χ1v) is 7.16. The number of hydrogen-bond acceptors (Lipinski definition) is 4. The van der Waals surface area contributed by atoms with E-state index < -0.39 is 6.10 Å². The number of rotatable bonds is 5. The number of nitrogens with two attached hydrogens (primary N) is 1. The molecule has 1 aliphatic rings. The van der Waals surface area contributed by atoms with Gasteiger partial charge in [0.1, 0.15) is 11.5 Å². The van der Waals surface area contributed by atoms with Crippen molar-refractivity contribution in [3.05, 3.63) is 23.8 Å². The minimum Gasteiger partial charge on any atom is -0.497 e. The molecule has 0 saturated heterocycles. The van der Waals surface area contributed by atoms with Gasteiger partial charge in [0, 0.05) is 17.5 Å². The van der Waals surface area contributed by atoms with Crippen molar-refractivity contribution in [1.29, 1.82) is 0 Å². The van der Waals surface area contributed by atoms with Crippen LogP contribution in [0.25, 0.3) is 0 Å². The van der Waals surface area contributed by atoms with Crippen LogP contribution in [0, 0.1) is 11.3 Å². The maximum absolute atomic E-state index is 10.9. The number of hydrogen-bond donors (Lipinski definition) is 2. The van der Waals surface area contributed by atoms with Gasteiger partial charge in [-0.1, -0.05) is 13.3 Å². The van der Waals surface area contributed by atoms with Crippen LogP contribution in [0.5, 0.6) is 11.5 Å². The molecule has 0 spiro atoms. The Hall–Kier alpha value is -1.26. The highest BCUT2D eigenvalue weighted by Gasteiger charge is 2.43. The summed E-state index contributed by atoms with van der Waals surface area (Å²) in [5.74, 6) is 2.01. The SMILES string of the molecule is COc1ccc(OC)c(C(O)C2(CN)CCC(C)C2)c1. The predicted molar refractivity (Wildman–Crippen MR) is 79.0 cm³/mol. The van der Waals surface area contributed by atoms with E-state index >= 15 is 0 Å². The molecule has 0 aromatic heterocycles. The summed E-state index contributed by atoms with van der Waals surface area (Å²) in [5.41, 5.74) is 6.52. The Bertz CT molecular complexity index is 463. The highest BCUT2D eigenvalue weighted by molar-refractivity contribution is 5.42. The highest BCUT2D eigenvalue weighted by atomic mass is 16.5. The molecule has 112 valence electrons. The summed E-state index contributed by atoms with van der Waals surface area (Å²) in [6.45, 7) is 2.70. The van der Waals surface area contributed by atoms with Gasteiger partial charge in [-0.2, -0.15) is 0 Å². The third kappa shape index (κ3) is 2.63. The number of benzene rings is 1. The topological polar surface area (TPSA) is 64.7 Å². The van der Waals surface area contributed by atoms with E-state index in [1.807, 2.05) is 18.2 Å². The van der Waals surface area contributed by atoms with Crippen LogP contribution in [-0.2, 0) is 0 Å². The second-order valence-corrected chi connectivity index (χ2v) is 5.92. The molecule has 0 radical (unpaired) electrons. The smallest absolute Gasteiger partial charge is 0.124 e. The summed E-state index contributed by atoms with van der Waals surface area (Å²) in [7, 11) is 3.23. The Morgan fingerprint density at radius 3 is 2.65 bits per heavy atom. The maximum Gasteiger partial charge on any atom is 0.124 e. The van der Waals surface area contributed by atoms with E-state index in [1.54, 1.807) is 14.2 Å². The molecule has 20 heavy (non-hydrogen) atoms. The van der Waals surface area contributed by atoms with Crippen molar-refractivity contribution in [2.24, 2.45) is 17.1 Å². The first-order chi connectivity index (χ1) is 9.56. The summed E-state index contributed by atoms with van der Waals surface area (Å²) in [4.78, 5) is 0. The van der Waals surface area contributed by atoms with Gasteiger partial charge >= 0.3 is 0 Å². The van der Waals surface area contributed by atoms with Crippen LogP contribution in [0.1, 0.15) is 37.9 Å². The van der Waals surface area contributed by atoms with Crippen LogP contribution in [0.4, 0.5) is 0 Å². The van der Waals surface area contributed by atoms with E-state index in [9.17, 15) is 5.11 Å². The Morgan fingerprint density at radius 2 is 2.15 bits per heavy atom. The summed E-state index contributed by atoms with van der Waals surface area (Å²) in [5, 5.41) is 10.9. The van der Waals surface area contributed by atoms with Gasteiger partial charge in [-0.15, -0.1) is 0 Å². The lowest BCUT2D eigenvalue weighted by Crippen LogP contribution is -2.34. The summed E-state index contributed by atoms with van der Waals surface area (Å²) in [6.07, 6.45) is 2.39. The van der Waals surface area contributed by atoms with Crippen molar-refractivity contribution in [3.63, 3.8) is 0 Å². The number of aliphatic hydroxyl groups is 1. The van der Waals surface area contributed by atoms with Gasteiger partial charge in [0.2, 0.25) is 0 Å². The number of aliphatic hydroxyl groups excluding tert-OH is 1. The van der Waals surface area contributed by atoms with Crippen molar-refractivity contribution >= 4 is 0 Å². The molecule has 1 saturated carbocycles. The largest absolute Gasteiger partial charge is 0.497 e. The second-order valence-electron chi connectivity index (χ2n) is 5.92. The van der Waals surface area contributed by atoms with E-state index in [2.05, 4.69) is 6.92 Å². The predicted octanol–water partition coefficient (Wildman–Crippen LogP) is 2.50. The maximum atomic E-state index is 10.9. The van der Waals surface area contributed by atoms with Gasteiger partial charge in [-0.05, 0) is 37.0 Å². The third-order valence-electron chi connectivity index (χ3n) is 4.61. The fourth-order valence-electron chi connectivity index (χ4n) is 3.36. The average Bonchev–Trinajstić information content (AvgIpc) is 2.88. The Morgan fingerprint density at radius 1 is 1.40 bits per heavy atom. The molecule has 1 fully saturated rings. The molecule has 0 heterocycles. The van der Waals surface area contributed by atoms with Crippen LogP contribution in [0.15, 0.2) is 18.2 Å². The highest BCUT2D eigenvalue weighted by Crippen LogP contribution is 2.51. The molecular formula is C16H25NO3. The van der Waals surface area contributed by atoms with Crippen molar-refractivity contribution in [2.45, 2.75) is 32.3 Å². The molecular weight excluding hydrogens is 254 g/mol. The molecule has 0 aliphatic heterocycles. The lowest BCUT2D eigenvalue weighted by molar-refractivity contribution is 0.0288. The molecule has 3 unspecified atom stereocenters. The quantitative estimate of drug-likeness (QED) is 0.869. The van der Waals surface area contributed by atoms with E-state index in [0.717, 1.165) is 30.6 Å². The molecule has 1 aliphatic carbocycles. The molecule has 0 amide bonds. The number of ether oxygens (including phenoxy) is 2. The van der Waals surface area contributed by atoms with Crippen LogP contribution in [0.3, 0.4) is 0 Å². The van der Waals surface area contributed by atoms with Gasteiger partial charge in [0.05, 0.1) is 20.3 Å². The van der Waals surface area contributed by atoms with E-state index in [-0.39, 0.29) is 5.41 Å². The zero-order chi connectivity index (χ0) is 14.8. The zero-order valence-corrected chi connectivity index (χ0v) is 12.6. The standard InChI is InChI=1S/C16H25NO3/c1-11-6-7-16(9-11,10-17)15(18)13-8-12(19-2)4-5-14(13)20-3/h4-5,8,11,15,18H,6-7,9-10,17H2,1-3H3. The Kier molecular flexibility index (Phi) is 4.55. The first kappa shape index (κ1) is 15.1. The average molecular weight is 279 g/mol. The third-order valence-corrected chi connectivity index (χ3v) is 4.61. The summed E-state index contributed by atoms with van der Waals surface area (Å²) >= 11 is 0. The van der Waals surface area contributed by atoms with Crippen molar-refractivity contribution < 1.29 is 14.6 Å². The molecule has 1 aromatic carbocycles. The Labute approximate surface area is 120 Å². The lowest BCUT2D eigenvalue weighted by Gasteiger charge is -2.34. The molecule has 0 bridgehead atoms. The molecule has 4 heteroatoms. The second kappa shape index (κ2) is 6.02. The van der Waals surface area contributed by atoms with Crippen molar-refractivity contribution in [3.8, 4) is 11.5 Å². The van der Waals surface area contributed by atoms with Gasteiger partial charge in [0.25, 0.3) is 0 Å². The summed E-state index contributed by atoms with van der Waals surface area (Å²) in [6, 6.07) is 5.52. The van der Waals surface area contributed by atoms with E-state index in [4.69, 9.17) is 15.2 Å². The molecule has 4 nitrogen and oxygen atoms in total. The normalized spacial score (nSPS) is 27.4. The molecule has 2 rings (SSSR count). The van der Waals surface area contributed by atoms with Gasteiger partial charge in [-0.3, -0.25) is 0 Å². The Balaban J connectivity index is 2.38. The minimum atomic E-state index is -0.623. The van der Waals surface area contributed by atoms with Crippen molar-refractivity contribution in [2.75, 3.05) is 20.8 Å². The van der Waals surface area contributed by atoms with Crippen LogP contribution >= 0.6 is 0 Å². The summed E-state index contributed by atoms with van der Waals surface area (Å²) < 4.78 is 10.6. The first-order valence-electron chi connectivity index (χ1n) is 7.16. The van der Waals surface area contributed by atoms with Gasteiger partial charge in [-0.25, -0.2) is 0 Å². The van der Waals surface area contributed by atoms with E-state index in [1.165, 1.54) is 0 Å². The lowest BCUT2D eigenvalue weighted by atomic mass is 9.76. The monoisotopic (exact) mass is 279 g/mol.